The van der Waals surface area contributed by atoms with Crippen molar-refractivity contribution >= 4 is 51.8 Å². The van der Waals surface area contributed by atoms with Gasteiger partial charge in [0.25, 0.3) is 0 Å². The van der Waals surface area contributed by atoms with E-state index in [9.17, 15) is 4.79 Å². The minimum atomic E-state index is -0.0413. The number of aryl methyl sites for hydroxylation is 1. The Balaban J connectivity index is 1.55. The molecular formula is C19H17Cl2N3OS. The number of rotatable bonds is 6. The van der Waals surface area contributed by atoms with Gasteiger partial charge in [0.15, 0.2) is 0 Å². The van der Waals surface area contributed by atoms with Crippen molar-refractivity contribution in [2.75, 3.05) is 12.3 Å². The molecule has 1 amide bonds. The fourth-order valence-electron chi connectivity index (χ4n) is 2.51. The van der Waals surface area contributed by atoms with Crippen molar-refractivity contribution < 1.29 is 4.79 Å². The van der Waals surface area contributed by atoms with E-state index in [0.717, 1.165) is 21.5 Å². The van der Waals surface area contributed by atoms with Crippen molar-refractivity contribution in [2.24, 2.45) is 0 Å². The summed E-state index contributed by atoms with van der Waals surface area (Å²) < 4.78 is 0. The van der Waals surface area contributed by atoms with Crippen LogP contribution in [0, 0.1) is 6.92 Å². The van der Waals surface area contributed by atoms with Gasteiger partial charge in [0.2, 0.25) is 5.91 Å². The first-order valence-corrected chi connectivity index (χ1v) is 9.84. The second-order valence-corrected chi connectivity index (χ2v) is 7.53. The second kappa shape index (κ2) is 8.71. The van der Waals surface area contributed by atoms with Crippen molar-refractivity contribution in [3.8, 4) is 0 Å². The maximum Gasteiger partial charge on any atom is 0.230 e. The van der Waals surface area contributed by atoms with Crippen molar-refractivity contribution in [1.29, 1.82) is 0 Å². The number of carbonyl (C=O) groups excluding carboxylic acids is 1. The standard InChI is InChI=1S/C19H17Cl2N3OS/c1-12-23-17-5-3-2-4-15(17)19(24-12)26-11-18(25)22-9-8-13-6-7-14(20)10-16(13)21/h2-7,10H,8-9,11H2,1H3,(H,22,25). The third-order valence-electron chi connectivity index (χ3n) is 3.75. The first-order chi connectivity index (χ1) is 12.5. The molecule has 0 atom stereocenters. The van der Waals surface area contributed by atoms with E-state index in [4.69, 9.17) is 23.2 Å². The van der Waals surface area contributed by atoms with Gasteiger partial charge in [-0.15, -0.1) is 0 Å². The molecule has 4 nitrogen and oxygen atoms in total. The molecule has 0 radical (unpaired) electrons. The van der Waals surface area contributed by atoms with Gasteiger partial charge in [-0.2, -0.15) is 0 Å². The number of benzene rings is 2. The van der Waals surface area contributed by atoms with Crippen molar-refractivity contribution in [3.63, 3.8) is 0 Å². The fourth-order valence-corrected chi connectivity index (χ4v) is 3.91. The lowest BCUT2D eigenvalue weighted by atomic mass is 10.1. The number of fused-ring (bicyclic) bond motifs is 1. The van der Waals surface area contributed by atoms with E-state index in [1.165, 1.54) is 11.8 Å². The molecule has 3 aromatic rings. The fraction of sp³-hybridized carbons (Fsp3) is 0.211. The number of hydrogen-bond donors (Lipinski definition) is 1. The molecule has 3 rings (SSSR count). The average molecular weight is 406 g/mol. The molecule has 0 unspecified atom stereocenters. The normalized spacial score (nSPS) is 10.9. The van der Waals surface area contributed by atoms with Gasteiger partial charge in [0.1, 0.15) is 10.9 Å². The summed E-state index contributed by atoms with van der Waals surface area (Å²) in [5, 5.41) is 5.91. The van der Waals surface area contributed by atoms with Gasteiger partial charge >= 0.3 is 0 Å². The molecule has 0 spiro atoms. The van der Waals surface area contributed by atoms with Crippen LogP contribution in [0.3, 0.4) is 0 Å². The highest BCUT2D eigenvalue weighted by Gasteiger charge is 2.09. The van der Waals surface area contributed by atoms with Crippen LogP contribution in [0.25, 0.3) is 10.9 Å². The predicted octanol–water partition coefficient (Wildman–Crippen LogP) is 4.70. The summed E-state index contributed by atoms with van der Waals surface area (Å²) in [6.07, 6.45) is 0.655. The predicted molar refractivity (Wildman–Crippen MR) is 108 cm³/mol. The average Bonchev–Trinajstić information content (AvgIpc) is 2.61. The summed E-state index contributed by atoms with van der Waals surface area (Å²) in [7, 11) is 0. The number of carbonyl (C=O) groups is 1. The molecule has 134 valence electrons. The van der Waals surface area contributed by atoms with E-state index in [2.05, 4.69) is 15.3 Å². The Bertz CT molecular complexity index is 949. The van der Waals surface area contributed by atoms with E-state index in [-0.39, 0.29) is 5.91 Å². The van der Waals surface area contributed by atoms with Gasteiger partial charge in [-0.1, -0.05) is 59.2 Å². The van der Waals surface area contributed by atoms with Crippen LogP contribution < -0.4 is 5.32 Å². The Morgan fingerprint density at radius 3 is 2.77 bits per heavy atom. The molecule has 1 N–H and O–H groups in total. The first-order valence-electron chi connectivity index (χ1n) is 8.10. The lowest BCUT2D eigenvalue weighted by molar-refractivity contribution is -0.118. The van der Waals surface area contributed by atoms with Gasteiger partial charge in [-0.3, -0.25) is 4.79 Å². The van der Waals surface area contributed by atoms with Crippen LogP contribution in [0.15, 0.2) is 47.5 Å². The SMILES string of the molecule is Cc1nc(SCC(=O)NCCc2ccc(Cl)cc2Cl)c2ccccc2n1. The zero-order valence-corrected chi connectivity index (χ0v) is 16.5. The number of aromatic nitrogens is 2. The van der Waals surface area contributed by atoms with Gasteiger partial charge in [0.05, 0.1) is 11.3 Å². The molecule has 1 aromatic heterocycles. The van der Waals surface area contributed by atoms with Crippen LogP contribution in [-0.2, 0) is 11.2 Å². The third kappa shape index (κ3) is 4.87. The summed E-state index contributed by atoms with van der Waals surface area (Å²) in [5.41, 5.74) is 1.85. The van der Waals surface area contributed by atoms with E-state index >= 15 is 0 Å². The summed E-state index contributed by atoms with van der Waals surface area (Å²) >= 11 is 13.4. The Hall–Kier alpha value is -1.82. The molecule has 2 aromatic carbocycles. The van der Waals surface area contributed by atoms with Crippen LogP contribution in [0.1, 0.15) is 11.4 Å². The first kappa shape index (κ1) is 19.0. The summed E-state index contributed by atoms with van der Waals surface area (Å²) in [4.78, 5) is 21.0. The zero-order chi connectivity index (χ0) is 18.5. The molecule has 26 heavy (non-hydrogen) atoms. The highest BCUT2D eigenvalue weighted by Crippen LogP contribution is 2.25. The number of nitrogens with one attached hydrogen (secondary N) is 1. The van der Waals surface area contributed by atoms with E-state index in [1.54, 1.807) is 12.1 Å². The Morgan fingerprint density at radius 2 is 1.96 bits per heavy atom. The van der Waals surface area contributed by atoms with E-state index in [1.807, 2.05) is 37.3 Å². The second-order valence-electron chi connectivity index (χ2n) is 5.72. The summed E-state index contributed by atoms with van der Waals surface area (Å²) in [6, 6.07) is 13.2. The summed E-state index contributed by atoms with van der Waals surface area (Å²) in [5.74, 6) is 0.957. The molecule has 0 saturated heterocycles. The maximum atomic E-state index is 12.1. The molecule has 7 heteroatoms. The molecule has 1 heterocycles. The quantitative estimate of drug-likeness (QED) is 0.477. The number of amides is 1. The molecular weight excluding hydrogens is 389 g/mol. The zero-order valence-electron chi connectivity index (χ0n) is 14.1. The minimum absolute atomic E-state index is 0.0413. The molecule has 0 bridgehead atoms. The van der Waals surface area contributed by atoms with Crippen molar-refractivity contribution in [3.05, 3.63) is 63.9 Å². The van der Waals surface area contributed by atoms with E-state index < -0.39 is 0 Å². The van der Waals surface area contributed by atoms with Crippen LogP contribution in [0.2, 0.25) is 10.0 Å². The number of thioether (sulfide) groups is 1. The van der Waals surface area contributed by atoms with Crippen molar-refractivity contribution in [1.82, 2.24) is 15.3 Å². The summed E-state index contributed by atoms with van der Waals surface area (Å²) in [6.45, 7) is 2.37. The molecule has 0 fully saturated rings. The highest BCUT2D eigenvalue weighted by atomic mass is 35.5. The van der Waals surface area contributed by atoms with Gasteiger partial charge in [-0.25, -0.2) is 9.97 Å². The van der Waals surface area contributed by atoms with Crippen molar-refractivity contribution in [2.45, 2.75) is 18.4 Å². The smallest absolute Gasteiger partial charge is 0.230 e. The molecule has 0 saturated carbocycles. The van der Waals surface area contributed by atoms with Crippen LogP contribution in [0.4, 0.5) is 0 Å². The lowest BCUT2D eigenvalue weighted by Crippen LogP contribution is -2.27. The monoisotopic (exact) mass is 405 g/mol. The maximum absolute atomic E-state index is 12.1. The van der Waals surface area contributed by atoms with Crippen LogP contribution in [0.5, 0.6) is 0 Å². The molecule has 0 aliphatic rings. The van der Waals surface area contributed by atoms with Gasteiger partial charge in [-0.05, 0) is 37.1 Å². The Labute approximate surface area is 166 Å². The Kier molecular flexibility index (Phi) is 6.35. The number of hydrogen-bond acceptors (Lipinski definition) is 4. The largest absolute Gasteiger partial charge is 0.355 e. The number of halogens is 2. The Morgan fingerprint density at radius 1 is 1.15 bits per heavy atom. The van der Waals surface area contributed by atoms with E-state index in [0.29, 0.717) is 34.6 Å². The minimum Gasteiger partial charge on any atom is -0.355 e. The molecule has 0 aliphatic carbocycles. The highest BCUT2D eigenvalue weighted by molar-refractivity contribution is 8.00. The number of nitrogens with zero attached hydrogens (tertiary/aromatic N) is 2. The molecule has 0 aliphatic heterocycles. The lowest BCUT2D eigenvalue weighted by Gasteiger charge is -2.08. The third-order valence-corrected chi connectivity index (χ3v) is 5.33. The van der Waals surface area contributed by atoms with Crippen LogP contribution >= 0.6 is 35.0 Å². The van der Waals surface area contributed by atoms with Crippen LogP contribution in [-0.4, -0.2) is 28.2 Å². The van der Waals surface area contributed by atoms with Gasteiger partial charge in [0, 0.05) is 22.0 Å². The number of para-hydroxylation sites is 1. The van der Waals surface area contributed by atoms with Gasteiger partial charge < -0.3 is 5.32 Å². The topological polar surface area (TPSA) is 54.9 Å².